The summed E-state index contributed by atoms with van der Waals surface area (Å²) in [6, 6.07) is 13.9. The smallest absolute Gasteiger partial charge is 0.226 e. The number of nitrogens with one attached hydrogen (secondary N) is 1. The Bertz CT molecular complexity index is 726. The number of likely N-dealkylation sites (tertiary alicyclic amines) is 1. The van der Waals surface area contributed by atoms with Gasteiger partial charge in [-0.2, -0.15) is 0 Å². The zero-order valence-corrected chi connectivity index (χ0v) is 13.4. The molecule has 0 radical (unpaired) electrons. The molecule has 0 saturated carbocycles. The highest BCUT2D eigenvalue weighted by Crippen LogP contribution is 2.20. The molecule has 1 atom stereocenters. The predicted molar refractivity (Wildman–Crippen MR) is 92.2 cm³/mol. The van der Waals surface area contributed by atoms with E-state index in [9.17, 15) is 9.59 Å². The van der Waals surface area contributed by atoms with Crippen molar-refractivity contribution in [1.29, 1.82) is 0 Å². The summed E-state index contributed by atoms with van der Waals surface area (Å²) in [5.41, 5.74) is 0.797. The van der Waals surface area contributed by atoms with E-state index in [-0.39, 0.29) is 17.9 Å². The van der Waals surface area contributed by atoms with Gasteiger partial charge < -0.3 is 10.2 Å². The van der Waals surface area contributed by atoms with Crippen molar-refractivity contribution in [2.45, 2.75) is 38.6 Å². The van der Waals surface area contributed by atoms with Gasteiger partial charge in [0.1, 0.15) is 0 Å². The van der Waals surface area contributed by atoms with E-state index in [0.29, 0.717) is 12.8 Å². The molecule has 23 heavy (non-hydrogen) atoms. The molecule has 1 saturated heterocycles. The Balaban J connectivity index is 1.62. The summed E-state index contributed by atoms with van der Waals surface area (Å²) in [4.78, 5) is 26.0. The Hall–Kier alpha value is -2.36. The van der Waals surface area contributed by atoms with Gasteiger partial charge >= 0.3 is 0 Å². The highest BCUT2D eigenvalue weighted by atomic mass is 16.2. The summed E-state index contributed by atoms with van der Waals surface area (Å²) < 4.78 is 0. The second-order valence-electron chi connectivity index (χ2n) is 6.21. The molecule has 1 unspecified atom stereocenters. The molecule has 0 bridgehead atoms. The molecule has 1 aliphatic rings. The third-order valence-corrected chi connectivity index (χ3v) is 4.41. The minimum Gasteiger partial charge on any atom is -0.339 e. The first-order valence-electron chi connectivity index (χ1n) is 8.21. The van der Waals surface area contributed by atoms with Crippen molar-refractivity contribution in [2.24, 2.45) is 0 Å². The largest absolute Gasteiger partial charge is 0.339 e. The van der Waals surface area contributed by atoms with Crippen LogP contribution < -0.4 is 5.32 Å². The highest BCUT2D eigenvalue weighted by Gasteiger charge is 2.24. The van der Waals surface area contributed by atoms with E-state index in [4.69, 9.17) is 0 Å². The fourth-order valence-electron chi connectivity index (χ4n) is 3.15. The number of carbonyl (C=O) groups is 2. The van der Waals surface area contributed by atoms with Crippen molar-refractivity contribution < 1.29 is 9.59 Å². The third-order valence-electron chi connectivity index (χ3n) is 4.41. The number of hydrogen-bond acceptors (Lipinski definition) is 2. The number of piperidine rings is 1. The Labute approximate surface area is 136 Å². The first kappa shape index (κ1) is 15.5. The van der Waals surface area contributed by atoms with Gasteiger partial charge in [-0.1, -0.05) is 30.3 Å². The fourth-order valence-corrected chi connectivity index (χ4v) is 3.15. The molecule has 0 spiro atoms. The summed E-state index contributed by atoms with van der Waals surface area (Å²) in [6.07, 6.45) is 2.93. The molecule has 3 rings (SSSR count). The second kappa shape index (κ2) is 6.82. The number of nitrogens with zero attached hydrogens (tertiary/aromatic N) is 1. The van der Waals surface area contributed by atoms with Crippen LogP contribution in [0.1, 0.15) is 32.6 Å². The van der Waals surface area contributed by atoms with Crippen molar-refractivity contribution in [3.05, 3.63) is 42.5 Å². The highest BCUT2D eigenvalue weighted by molar-refractivity contribution is 5.94. The molecule has 0 aromatic heterocycles. The van der Waals surface area contributed by atoms with Crippen LogP contribution in [0.3, 0.4) is 0 Å². The van der Waals surface area contributed by atoms with Gasteiger partial charge in [0.25, 0.3) is 0 Å². The Kier molecular flexibility index (Phi) is 4.60. The van der Waals surface area contributed by atoms with Crippen molar-refractivity contribution in [3.63, 3.8) is 0 Å². The molecular formula is C19H22N2O2. The van der Waals surface area contributed by atoms with Crippen molar-refractivity contribution >= 4 is 28.3 Å². The molecule has 2 amide bonds. The zero-order valence-electron chi connectivity index (χ0n) is 13.4. The van der Waals surface area contributed by atoms with Gasteiger partial charge in [-0.25, -0.2) is 0 Å². The van der Waals surface area contributed by atoms with Gasteiger partial charge in [0.2, 0.25) is 11.8 Å². The fraction of sp³-hybridized carbons (Fsp3) is 0.368. The first-order chi connectivity index (χ1) is 11.1. The molecule has 4 heteroatoms. The lowest BCUT2D eigenvalue weighted by atomic mass is 10.1. The number of rotatable bonds is 4. The third kappa shape index (κ3) is 3.70. The van der Waals surface area contributed by atoms with Crippen LogP contribution in [0, 0.1) is 0 Å². The minimum absolute atomic E-state index is 0.0499. The SMILES string of the molecule is CC(CC(=O)Nc1ccc2ccccc2c1)N1CCCCC1=O. The van der Waals surface area contributed by atoms with E-state index in [1.807, 2.05) is 54.3 Å². The molecule has 1 N–H and O–H groups in total. The molecule has 120 valence electrons. The van der Waals surface area contributed by atoms with E-state index < -0.39 is 0 Å². The minimum atomic E-state index is -0.0525. The summed E-state index contributed by atoms with van der Waals surface area (Å²) in [5.74, 6) is 0.119. The maximum absolute atomic E-state index is 12.3. The summed E-state index contributed by atoms with van der Waals surface area (Å²) in [5, 5.41) is 5.19. The molecule has 2 aromatic rings. The van der Waals surface area contributed by atoms with Crippen LogP contribution in [0.25, 0.3) is 10.8 Å². The summed E-state index contributed by atoms with van der Waals surface area (Å²) >= 11 is 0. The number of fused-ring (bicyclic) bond motifs is 1. The second-order valence-corrected chi connectivity index (χ2v) is 6.21. The van der Waals surface area contributed by atoms with Gasteiger partial charge in [0, 0.05) is 31.1 Å². The maximum atomic E-state index is 12.3. The maximum Gasteiger partial charge on any atom is 0.226 e. The monoisotopic (exact) mass is 310 g/mol. The Morgan fingerprint density at radius 3 is 2.74 bits per heavy atom. The topological polar surface area (TPSA) is 49.4 Å². The molecule has 1 fully saturated rings. The quantitative estimate of drug-likeness (QED) is 0.938. The molecule has 1 heterocycles. The summed E-state index contributed by atoms with van der Waals surface area (Å²) in [7, 11) is 0. The van der Waals surface area contributed by atoms with E-state index in [2.05, 4.69) is 5.32 Å². The van der Waals surface area contributed by atoms with Gasteiger partial charge in [0.15, 0.2) is 0 Å². The van der Waals surface area contributed by atoms with Crippen LogP contribution in [-0.4, -0.2) is 29.3 Å². The molecular weight excluding hydrogens is 288 g/mol. The van der Waals surface area contributed by atoms with Crippen LogP contribution in [0.15, 0.2) is 42.5 Å². The average molecular weight is 310 g/mol. The lowest BCUT2D eigenvalue weighted by Crippen LogP contribution is -2.43. The van der Waals surface area contributed by atoms with Crippen LogP contribution in [0.4, 0.5) is 5.69 Å². The molecule has 4 nitrogen and oxygen atoms in total. The van der Waals surface area contributed by atoms with Crippen molar-refractivity contribution in [3.8, 4) is 0 Å². The van der Waals surface area contributed by atoms with Crippen molar-refractivity contribution in [1.82, 2.24) is 4.90 Å². The van der Waals surface area contributed by atoms with Crippen molar-refractivity contribution in [2.75, 3.05) is 11.9 Å². The number of anilines is 1. The van der Waals surface area contributed by atoms with Crippen LogP contribution >= 0.6 is 0 Å². The van der Waals surface area contributed by atoms with Gasteiger partial charge in [-0.3, -0.25) is 9.59 Å². The van der Waals surface area contributed by atoms with Gasteiger partial charge in [0.05, 0.1) is 0 Å². The number of benzene rings is 2. The molecule has 2 aromatic carbocycles. The lowest BCUT2D eigenvalue weighted by molar-refractivity contribution is -0.136. The van der Waals surface area contributed by atoms with Crippen LogP contribution in [0.5, 0.6) is 0 Å². The molecule has 1 aliphatic heterocycles. The standard InChI is InChI=1S/C19H22N2O2/c1-14(21-11-5-4-8-19(21)23)12-18(22)20-17-10-9-15-6-2-3-7-16(15)13-17/h2-3,6-7,9-10,13-14H,4-5,8,11-12H2,1H3,(H,20,22). The number of hydrogen-bond donors (Lipinski definition) is 1. The van der Waals surface area contributed by atoms with Crippen LogP contribution in [0.2, 0.25) is 0 Å². The van der Waals surface area contributed by atoms with Crippen LogP contribution in [-0.2, 0) is 9.59 Å². The van der Waals surface area contributed by atoms with E-state index >= 15 is 0 Å². The first-order valence-corrected chi connectivity index (χ1v) is 8.21. The number of amides is 2. The van der Waals surface area contributed by atoms with E-state index in [0.717, 1.165) is 35.8 Å². The van der Waals surface area contributed by atoms with E-state index in [1.54, 1.807) is 0 Å². The number of carbonyl (C=O) groups excluding carboxylic acids is 2. The molecule has 0 aliphatic carbocycles. The Morgan fingerprint density at radius 2 is 1.96 bits per heavy atom. The van der Waals surface area contributed by atoms with Gasteiger partial charge in [-0.15, -0.1) is 0 Å². The average Bonchev–Trinajstić information content (AvgIpc) is 2.55. The zero-order chi connectivity index (χ0) is 16.2. The predicted octanol–water partition coefficient (Wildman–Crippen LogP) is 3.57. The van der Waals surface area contributed by atoms with E-state index in [1.165, 1.54) is 0 Å². The lowest BCUT2D eigenvalue weighted by Gasteiger charge is -2.32. The van der Waals surface area contributed by atoms with Gasteiger partial charge in [-0.05, 0) is 42.7 Å². The summed E-state index contributed by atoms with van der Waals surface area (Å²) in [6.45, 7) is 2.71. The normalized spacial score (nSPS) is 16.4. The Morgan fingerprint density at radius 1 is 1.17 bits per heavy atom.